The van der Waals surface area contributed by atoms with Crippen LogP contribution in [0.4, 0.5) is 0 Å². The molecule has 0 aromatic carbocycles. The van der Waals surface area contributed by atoms with Crippen molar-refractivity contribution in [1.82, 2.24) is 53.2 Å². The van der Waals surface area contributed by atoms with Crippen molar-refractivity contribution < 1.29 is 24.0 Å². The summed E-state index contributed by atoms with van der Waals surface area (Å²) in [5, 5.41) is 29.8. The summed E-state index contributed by atoms with van der Waals surface area (Å²) >= 11 is 0. The summed E-state index contributed by atoms with van der Waals surface area (Å²) in [6.07, 6.45) is 5.44. The molecule has 5 atom stereocenters. The van der Waals surface area contributed by atoms with Crippen LogP contribution in [-0.2, 0) is 24.0 Å². The first kappa shape index (κ1) is 44.3. The van der Waals surface area contributed by atoms with Crippen molar-refractivity contribution in [2.24, 2.45) is 0 Å². The van der Waals surface area contributed by atoms with E-state index in [1.807, 2.05) is 28.2 Å². The van der Waals surface area contributed by atoms with Gasteiger partial charge >= 0.3 is 0 Å². The van der Waals surface area contributed by atoms with Crippen molar-refractivity contribution in [3.8, 4) is 0 Å². The molecule has 0 fully saturated rings. The van der Waals surface area contributed by atoms with Crippen LogP contribution in [0.1, 0.15) is 71.1 Å². The number of amides is 4. The second-order valence-electron chi connectivity index (χ2n) is 11.9. The van der Waals surface area contributed by atoms with Gasteiger partial charge in [0, 0.05) is 0 Å². The van der Waals surface area contributed by atoms with Gasteiger partial charge in [-0.05, 0) is 146 Å². The van der Waals surface area contributed by atoms with E-state index in [2.05, 4.69) is 53.2 Å². The van der Waals surface area contributed by atoms with E-state index >= 15 is 0 Å². The van der Waals surface area contributed by atoms with E-state index < -0.39 is 47.9 Å². The van der Waals surface area contributed by atoms with Crippen molar-refractivity contribution in [3.05, 3.63) is 0 Å². The second-order valence-corrected chi connectivity index (χ2v) is 11.9. The van der Waals surface area contributed by atoms with Gasteiger partial charge in [-0.1, -0.05) is 0 Å². The summed E-state index contributed by atoms with van der Waals surface area (Å²) in [6.45, 7) is 4.83. The van der Waals surface area contributed by atoms with Crippen LogP contribution in [0.5, 0.6) is 0 Å². The highest BCUT2D eigenvalue weighted by atomic mass is 16.2. The molecular weight excluding hydrogens is 604 g/mol. The number of carbonyl (C=O) groups excluding carboxylic acids is 5. The quantitative estimate of drug-likeness (QED) is 0.0382. The van der Waals surface area contributed by atoms with E-state index in [0.717, 1.165) is 13.0 Å². The molecule has 0 aromatic rings. The first-order valence-corrected chi connectivity index (χ1v) is 17.2. The molecule has 15 heteroatoms. The predicted octanol–water partition coefficient (Wildman–Crippen LogP) is -1.90. The lowest BCUT2D eigenvalue weighted by atomic mass is 10.0. The molecule has 0 aliphatic rings. The average molecular weight is 671 g/mol. The summed E-state index contributed by atoms with van der Waals surface area (Å²) in [6, 6.07) is -3.81. The molecule has 0 aliphatic carbocycles. The summed E-state index contributed by atoms with van der Waals surface area (Å²) < 4.78 is 0. The Kier molecular flexibility index (Phi) is 26.7. The molecule has 0 radical (unpaired) electrons. The van der Waals surface area contributed by atoms with Crippen molar-refractivity contribution in [2.45, 2.75) is 101 Å². The fourth-order valence-electron chi connectivity index (χ4n) is 5.09. The standard InChI is InChI=1S/C32H66N10O5/c1-23(43)24(13-8-18-33-2)39-30(45)26(15-10-20-35-4)41-32(47)28(17-12-22-37-6)42-31(46)27(16-11-21-36-5)40-29(44)25(38-7)14-9-19-34-3/h24-28,33-38H,8-22H2,1-7H3,(H,39,45)(H,40,44)(H,41,47)(H,42,46). The Morgan fingerprint density at radius 3 is 0.872 bits per heavy atom. The maximum Gasteiger partial charge on any atom is 0.243 e. The lowest BCUT2D eigenvalue weighted by molar-refractivity contribution is -0.134. The van der Waals surface area contributed by atoms with Gasteiger partial charge in [0.05, 0.1) is 12.1 Å². The van der Waals surface area contributed by atoms with Gasteiger partial charge in [-0.2, -0.15) is 0 Å². The average Bonchev–Trinajstić information content (AvgIpc) is 3.04. The molecule has 0 aliphatic heterocycles. The van der Waals surface area contributed by atoms with E-state index in [9.17, 15) is 24.0 Å². The van der Waals surface area contributed by atoms with Crippen molar-refractivity contribution in [2.75, 3.05) is 75.0 Å². The Hall–Kier alpha value is -2.69. The number of Topliss-reactive ketones (excluding diaryl/α,β-unsaturated/α-hetero) is 1. The van der Waals surface area contributed by atoms with E-state index in [0.29, 0.717) is 84.0 Å². The molecule has 10 N–H and O–H groups in total. The van der Waals surface area contributed by atoms with Gasteiger partial charge in [0.15, 0.2) is 5.78 Å². The van der Waals surface area contributed by atoms with Crippen LogP contribution in [0.25, 0.3) is 0 Å². The maximum atomic E-state index is 13.7. The van der Waals surface area contributed by atoms with Gasteiger partial charge in [0.25, 0.3) is 0 Å². The second kappa shape index (κ2) is 28.3. The smallest absolute Gasteiger partial charge is 0.243 e. The normalized spacial score (nSPS) is 14.4. The minimum Gasteiger partial charge on any atom is -0.345 e. The Labute approximate surface area is 282 Å². The Morgan fingerprint density at radius 2 is 0.617 bits per heavy atom. The number of carbonyl (C=O) groups is 5. The molecule has 15 nitrogen and oxygen atoms in total. The molecular formula is C32H66N10O5. The summed E-state index contributed by atoms with van der Waals surface area (Å²) in [7, 11) is 10.8. The lowest BCUT2D eigenvalue weighted by Crippen LogP contribution is -2.58. The summed E-state index contributed by atoms with van der Waals surface area (Å²) in [4.78, 5) is 66.3. The van der Waals surface area contributed by atoms with Crippen molar-refractivity contribution in [1.29, 1.82) is 0 Å². The number of likely N-dealkylation sites (N-methyl/N-ethyl adjacent to an activating group) is 1. The SMILES string of the molecule is CNCCCC(NC(=O)C(CCCNC)NC(=O)C(CCCNC)NC(=O)C(CCCNC)NC(=O)C(CCCNC)NC)C(C)=O. The van der Waals surface area contributed by atoms with Crippen LogP contribution in [-0.4, -0.2) is 135 Å². The molecule has 0 rings (SSSR count). The highest BCUT2D eigenvalue weighted by Gasteiger charge is 2.31. The number of rotatable bonds is 30. The topological polar surface area (TPSA) is 206 Å². The van der Waals surface area contributed by atoms with Gasteiger partial charge in [0.2, 0.25) is 23.6 Å². The lowest BCUT2D eigenvalue weighted by Gasteiger charge is -2.27. The van der Waals surface area contributed by atoms with Crippen LogP contribution in [0.15, 0.2) is 0 Å². The van der Waals surface area contributed by atoms with E-state index in [4.69, 9.17) is 0 Å². The fraction of sp³-hybridized carbons (Fsp3) is 0.844. The molecule has 0 spiro atoms. The van der Waals surface area contributed by atoms with Crippen LogP contribution >= 0.6 is 0 Å². The zero-order valence-corrected chi connectivity index (χ0v) is 30.0. The predicted molar refractivity (Wildman–Crippen MR) is 187 cm³/mol. The van der Waals surface area contributed by atoms with Crippen LogP contribution in [0.3, 0.4) is 0 Å². The molecule has 0 bridgehead atoms. The van der Waals surface area contributed by atoms with Gasteiger partial charge in [-0.3, -0.25) is 24.0 Å². The highest BCUT2D eigenvalue weighted by molar-refractivity contribution is 5.95. The third kappa shape index (κ3) is 20.3. The van der Waals surface area contributed by atoms with Crippen LogP contribution in [0, 0.1) is 0 Å². The Morgan fingerprint density at radius 1 is 0.383 bits per heavy atom. The number of nitrogens with one attached hydrogen (secondary N) is 10. The van der Waals surface area contributed by atoms with E-state index in [1.165, 1.54) is 6.92 Å². The zero-order chi connectivity index (χ0) is 35.5. The van der Waals surface area contributed by atoms with Crippen molar-refractivity contribution in [3.63, 3.8) is 0 Å². The maximum absolute atomic E-state index is 13.7. The summed E-state index contributed by atoms with van der Waals surface area (Å²) in [5.41, 5.74) is 0. The third-order valence-corrected chi connectivity index (χ3v) is 7.97. The van der Waals surface area contributed by atoms with Crippen molar-refractivity contribution >= 4 is 29.4 Å². The van der Waals surface area contributed by atoms with Gasteiger partial charge in [-0.25, -0.2) is 0 Å². The van der Waals surface area contributed by atoms with Crippen LogP contribution < -0.4 is 53.2 Å². The molecule has 47 heavy (non-hydrogen) atoms. The Bertz CT molecular complexity index is 894. The molecule has 0 saturated carbocycles. The molecule has 0 heterocycles. The highest BCUT2D eigenvalue weighted by Crippen LogP contribution is 2.07. The molecule has 0 aromatic heterocycles. The van der Waals surface area contributed by atoms with E-state index in [-0.39, 0.29) is 11.7 Å². The number of hydrogen-bond donors (Lipinski definition) is 10. The fourth-order valence-corrected chi connectivity index (χ4v) is 5.09. The third-order valence-electron chi connectivity index (χ3n) is 7.97. The minimum absolute atomic E-state index is 0.152. The number of hydrogen-bond acceptors (Lipinski definition) is 11. The van der Waals surface area contributed by atoms with Gasteiger partial charge in [-0.15, -0.1) is 0 Å². The first-order valence-electron chi connectivity index (χ1n) is 17.2. The molecule has 4 amide bonds. The molecule has 0 saturated heterocycles. The Balaban J connectivity index is 5.94. The van der Waals surface area contributed by atoms with Gasteiger partial charge < -0.3 is 53.2 Å². The summed E-state index contributed by atoms with van der Waals surface area (Å²) in [5.74, 6) is -1.81. The first-order chi connectivity index (χ1) is 22.6. The largest absolute Gasteiger partial charge is 0.345 e. The van der Waals surface area contributed by atoms with Gasteiger partial charge in [0.1, 0.15) is 18.1 Å². The monoisotopic (exact) mass is 671 g/mol. The molecule has 274 valence electrons. The zero-order valence-electron chi connectivity index (χ0n) is 30.0. The minimum atomic E-state index is -0.936. The van der Waals surface area contributed by atoms with E-state index in [1.54, 1.807) is 14.1 Å². The molecule has 5 unspecified atom stereocenters. The van der Waals surface area contributed by atoms with Crippen LogP contribution in [0.2, 0.25) is 0 Å². The number of ketones is 1.